The number of likely N-dealkylation sites (N-methyl/N-ethyl adjacent to an activating group) is 1. The third-order valence-corrected chi connectivity index (χ3v) is 4.96. The molecule has 0 aromatic heterocycles. The molecular weight excluding hydrogens is 368 g/mol. The van der Waals surface area contributed by atoms with Gasteiger partial charge >= 0.3 is 11.8 Å². The molecule has 2 N–H and O–H groups in total. The second kappa shape index (κ2) is 9.34. The van der Waals surface area contributed by atoms with Crippen LogP contribution in [0.1, 0.15) is 24.4 Å². The molecule has 152 valence electrons. The fourth-order valence-corrected chi connectivity index (χ4v) is 3.40. The zero-order valence-corrected chi connectivity index (χ0v) is 16.7. The Morgan fingerprint density at radius 1 is 1.07 bits per heavy atom. The van der Waals surface area contributed by atoms with Crippen molar-refractivity contribution in [2.75, 3.05) is 37.4 Å². The second-order valence-electron chi connectivity index (χ2n) is 7.25. The van der Waals surface area contributed by atoms with Crippen molar-refractivity contribution in [3.63, 3.8) is 0 Å². The molecule has 1 fully saturated rings. The summed E-state index contributed by atoms with van der Waals surface area (Å²) in [6, 6.07) is 16.7. The van der Waals surface area contributed by atoms with Gasteiger partial charge in [0.05, 0.1) is 6.04 Å². The largest absolute Gasteiger partial charge is 0.346 e. The van der Waals surface area contributed by atoms with Gasteiger partial charge in [0.2, 0.25) is 5.91 Å². The predicted octanol–water partition coefficient (Wildman–Crippen LogP) is 2.17. The van der Waals surface area contributed by atoms with Gasteiger partial charge in [0, 0.05) is 30.9 Å². The van der Waals surface area contributed by atoms with E-state index < -0.39 is 11.8 Å². The zero-order valence-electron chi connectivity index (χ0n) is 16.7. The van der Waals surface area contributed by atoms with E-state index in [1.54, 1.807) is 23.1 Å². The number of anilines is 2. The van der Waals surface area contributed by atoms with Crippen LogP contribution < -0.4 is 15.5 Å². The summed E-state index contributed by atoms with van der Waals surface area (Å²) in [5, 5.41) is 5.31. The summed E-state index contributed by atoms with van der Waals surface area (Å²) in [4.78, 5) is 40.2. The average Bonchev–Trinajstić information content (AvgIpc) is 3.14. The summed E-state index contributed by atoms with van der Waals surface area (Å²) in [5.74, 6) is -1.36. The normalized spacial score (nSPS) is 14.7. The molecule has 3 amide bonds. The number of benzene rings is 2. The van der Waals surface area contributed by atoms with Crippen molar-refractivity contribution >= 4 is 29.1 Å². The van der Waals surface area contributed by atoms with Crippen molar-refractivity contribution in [1.82, 2.24) is 10.2 Å². The Morgan fingerprint density at radius 3 is 2.48 bits per heavy atom. The van der Waals surface area contributed by atoms with Crippen LogP contribution in [0.5, 0.6) is 0 Å². The predicted molar refractivity (Wildman–Crippen MR) is 113 cm³/mol. The maximum atomic E-state index is 12.3. The fraction of sp³-hybridized carbons (Fsp3) is 0.318. The van der Waals surface area contributed by atoms with E-state index in [0.717, 1.165) is 17.7 Å². The molecule has 7 nitrogen and oxygen atoms in total. The number of hydrogen-bond acceptors (Lipinski definition) is 4. The molecule has 1 atom stereocenters. The lowest BCUT2D eigenvalue weighted by Crippen LogP contribution is -2.40. The molecule has 29 heavy (non-hydrogen) atoms. The van der Waals surface area contributed by atoms with E-state index in [4.69, 9.17) is 0 Å². The Labute approximate surface area is 170 Å². The molecule has 0 saturated carbocycles. The van der Waals surface area contributed by atoms with Crippen LogP contribution in [0, 0.1) is 0 Å². The summed E-state index contributed by atoms with van der Waals surface area (Å²) in [6.45, 7) is 0.980. The summed E-state index contributed by atoms with van der Waals surface area (Å²) in [5.41, 5.74) is 2.26. The average molecular weight is 394 g/mol. The first-order valence-electron chi connectivity index (χ1n) is 9.66. The van der Waals surface area contributed by atoms with Crippen LogP contribution >= 0.6 is 0 Å². The van der Waals surface area contributed by atoms with E-state index >= 15 is 0 Å². The van der Waals surface area contributed by atoms with Gasteiger partial charge in [-0.3, -0.25) is 14.4 Å². The Morgan fingerprint density at radius 2 is 1.83 bits per heavy atom. The Balaban J connectivity index is 1.59. The van der Waals surface area contributed by atoms with Crippen LogP contribution in [0.25, 0.3) is 0 Å². The molecule has 0 spiro atoms. The van der Waals surface area contributed by atoms with Gasteiger partial charge in [0.1, 0.15) is 0 Å². The van der Waals surface area contributed by atoms with Gasteiger partial charge in [-0.25, -0.2) is 0 Å². The first kappa shape index (κ1) is 20.5. The molecule has 3 rings (SSSR count). The number of rotatable bonds is 6. The van der Waals surface area contributed by atoms with Crippen molar-refractivity contribution < 1.29 is 14.4 Å². The van der Waals surface area contributed by atoms with Gasteiger partial charge in [-0.1, -0.05) is 36.4 Å². The molecule has 0 bridgehead atoms. The number of hydrogen-bond donors (Lipinski definition) is 2. The van der Waals surface area contributed by atoms with Crippen LogP contribution in [0.4, 0.5) is 11.4 Å². The van der Waals surface area contributed by atoms with E-state index in [0.29, 0.717) is 25.2 Å². The highest BCUT2D eigenvalue weighted by Gasteiger charge is 2.22. The lowest BCUT2D eigenvalue weighted by Gasteiger charge is -2.25. The molecule has 7 heteroatoms. The highest BCUT2D eigenvalue weighted by atomic mass is 16.2. The standard InChI is InChI=1S/C22H26N4O3/c1-25(2)19(16-8-4-3-5-9-16)15-23-21(28)22(29)24-17-10-6-11-18(14-17)26-13-7-12-20(26)27/h3-6,8-11,14,19H,7,12-13,15H2,1-2H3,(H,23,28)(H,24,29). The van der Waals surface area contributed by atoms with E-state index in [1.807, 2.05) is 55.4 Å². The van der Waals surface area contributed by atoms with Crippen LogP contribution in [0.3, 0.4) is 0 Å². The number of nitrogens with zero attached hydrogens (tertiary/aromatic N) is 2. The van der Waals surface area contributed by atoms with Crippen LogP contribution in [-0.2, 0) is 14.4 Å². The van der Waals surface area contributed by atoms with E-state index in [1.165, 1.54) is 0 Å². The van der Waals surface area contributed by atoms with E-state index in [-0.39, 0.29) is 11.9 Å². The van der Waals surface area contributed by atoms with Crippen molar-refractivity contribution in [2.24, 2.45) is 0 Å². The summed E-state index contributed by atoms with van der Waals surface area (Å²) in [7, 11) is 3.85. The molecule has 1 aliphatic heterocycles. The first-order chi connectivity index (χ1) is 14.0. The molecule has 1 unspecified atom stereocenters. The Hall–Kier alpha value is -3.19. The highest BCUT2D eigenvalue weighted by Crippen LogP contribution is 2.24. The zero-order chi connectivity index (χ0) is 20.8. The van der Waals surface area contributed by atoms with Gasteiger partial charge in [-0.2, -0.15) is 0 Å². The minimum Gasteiger partial charge on any atom is -0.346 e. The van der Waals surface area contributed by atoms with Gasteiger partial charge in [-0.05, 0) is 44.3 Å². The Bertz CT molecular complexity index is 883. The molecule has 1 heterocycles. The maximum absolute atomic E-state index is 12.3. The summed E-state index contributed by atoms with van der Waals surface area (Å²) in [6.07, 6.45) is 1.36. The van der Waals surface area contributed by atoms with Gasteiger partial charge in [0.15, 0.2) is 0 Å². The third kappa shape index (κ3) is 5.20. The van der Waals surface area contributed by atoms with Crippen molar-refractivity contribution in [3.05, 3.63) is 60.2 Å². The molecule has 1 saturated heterocycles. The molecule has 1 aliphatic rings. The summed E-state index contributed by atoms with van der Waals surface area (Å²) < 4.78 is 0. The number of nitrogens with one attached hydrogen (secondary N) is 2. The molecular formula is C22H26N4O3. The maximum Gasteiger partial charge on any atom is 0.313 e. The number of amides is 3. The minimum atomic E-state index is -0.736. The lowest BCUT2D eigenvalue weighted by atomic mass is 10.1. The van der Waals surface area contributed by atoms with Crippen LogP contribution in [0.2, 0.25) is 0 Å². The van der Waals surface area contributed by atoms with E-state index in [2.05, 4.69) is 10.6 Å². The van der Waals surface area contributed by atoms with Gasteiger partial charge < -0.3 is 20.4 Å². The molecule has 2 aromatic carbocycles. The minimum absolute atomic E-state index is 0.0440. The topological polar surface area (TPSA) is 81.8 Å². The SMILES string of the molecule is CN(C)C(CNC(=O)C(=O)Nc1cccc(N2CCCC2=O)c1)c1ccccc1. The van der Waals surface area contributed by atoms with E-state index in [9.17, 15) is 14.4 Å². The Kier molecular flexibility index (Phi) is 6.61. The third-order valence-electron chi connectivity index (χ3n) is 4.96. The van der Waals surface area contributed by atoms with Crippen LogP contribution in [0.15, 0.2) is 54.6 Å². The number of carbonyl (C=O) groups excluding carboxylic acids is 3. The summed E-state index contributed by atoms with van der Waals surface area (Å²) >= 11 is 0. The molecule has 0 radical (unpaired) electrons. The fourth-order valence-electron chi connectivity index (χ4n) is 3.40. The van der Waals surface area contributed by atoms with Crippen molar-refractivity contribution in [1.29, 1.82) is 0 Å². The highest BCUT2D eigenvalue weighted by molar-refractivity contribution is 6.39. The van der Waals surface area contributed by atoms with Crippen molar-refractivity contribution in [3.8, 4) is 0 Å². The smallest absolute Gasteiger partial charge is 0.313 e. The van der Waals surface area contributed by atoms with Gasteiger partial charge in [0.25, 0.3) is 0 Å². The monoisotopic (exact) mass is 394 g/mol. The van der Waals surface area contributed by atoms with Gasteiger partial charge in [-0.15, -0.1) is 0 Å². The number of carbonyl (C=O) groups is 3. The lowest BCUT2D eigenvalue weighted by molar-refractivity contribution is -0.136. The molecule has 0 aliphatic carbocycles. The molecule has 2 aromatic rings. The quantitative estimate of drug-likeness (QED) is 0.736. The van der Waals surface area contributed by atoms with Crippen molar-refractivity contribution in [2.45, 2.75) is 18.9 Å². The van der Waals surface area contributed by atoms with Crippen LogP contribution in [-0.4, -0.2) is 49.8 Å². The second-order valence-corrected chi connectivity index (χ2v) is 7.25. The first-order valence-corrected chi connectivity index (χ1v) is 9.66.